The zero-order valence-corrected chi connectivity index (χ0v) is 28.8. The van der Waals surface area contributed by atoms with Crippen molar-refractivity contribution in [3.63, 3.8) is 0 Å². The lowest BCUT2D eigenvalue weighted by molar-refractivity contribution is -0.181. The SMILES string of the molecule is CC1(C)S[C@H]2[C@@H](NC(=O)[C@H](N=Cc3ccc(Cl)cc3)c3ccccc3)C(=O)N2[C@@H]1C(=O)OCOC(=O)[C@H]1N2C(=O)C[C@@H]2S(=O)(=O)C1(C)C. The van der Waals surface area contributed by atoms with E-state index in [1.807, 2.05) is 6.07 Å². The average Bonchev–Trinajstić information content (AvgIpc) is 3.36. The number of rotatable bonds is 9. The van der Waals surface area contributed by atoms with Crippen LogP contribution >= 0.6 is 23.4 Å². The van der Waals surface area contributed by atoms with E-state index in [-0.39, 0.29) is 6.42 Å². The smallest absolute Gasteiger partial charge is 0.333 e. The lowest BCUT2D eigenvalue weighted by Gasteiger charge is -2.44. The summed E-state index contributed by atoms with van der Waals surface area (Å²) in [5.74, 6) is -3.32. The summed E-state index contributed by atoms with van der Waals surface area (Å²) in [6, 6.07) is 11.5. The Hall–Kier alpha value is -3.95. The Bertz CT molecular complexity index is 1820. The van der Waals surface area contributed by atoms with E-state index in [0.717, 1.165) is 10.5 Å². The standard InChI is InChI=1S/C32H33ClN4O9S2/c1-31(2)24(29(41)45-16-46-30(42)25-32(3,4)48(43,44)21-14-20(38)36(21)25)37-27(40)23(28(37)47-31)35-26(39)22(18-8-6-5-7-9-18)34-15-17-10-12-19(33)13-11-17/h5-13,15,21-25,28H,14,16H2,1-4H3,(H,35,39)/t21-,22+,23-,24+,25+,28-/m0/s1. The minimum absolute atomic E-state index is 0.199. The van der Waals surface area contributed by atoms with Crippen molar-refractivity contribution in [1.29, 1.82) is 0 Å². The molecule has 0 saturated carbocycles. The number of β-lactam (4-membered cyclic amide) rings is 2. The van der Waals surface area contributed by atoms with Gasteiger partial charge < -0.3 is 24.6 Å². The molecule has 0 spiro atoms. The van der Waals surface area contributed by atoms with Gasteiger partial charge in [-0.2, -0.15) is 0 Å². The van der Waals surface area contributed by atoms with Crippen molar-refractivity contribution in [2.24, 2.45) is 4.99 Å². The van der Waals surface area contributed by atoms with Crippen molar-refractivity contribution in [2.45, 2.75) is 78.5 Å². The fraction of sp³-hybridized carbons (Fsp3) is 0.438. The summed E-state index contributed by atoms with van der Waals surface area (Å²) >= 11 is 7.29. The van der Waals surface area contributed by atoms with Gasteiger partial charge in [-0.05, 0) is 51.0 Å². The Morgan fingerprint density at radius 3 is 2.25 bits per heavy atom. The normalized spacial score (nSPS) is 28.1. The first-order valence-electron chi connectivity index (χ1n) is 15.1. The third-order valence-corrected chi connectivity index (χ3v) is 13.8. The molecule has 4 aliphatic rings. The number of fused-ring (bicyclic) bond motifs is 2. The van der Waals surface area contributed by atoms with E-state index in [4.69, 9.17) is 21.1 Å². The molecule has 0 aliphatic carbocycles. The van der Waals surface area contributed by atoms with Crippen LogP contribution in [0.3, 0.4) is 0 Å². The monoisotopic (exact) mass is 716 g/mol. The number of halogens is 1. The van der Waals surface area contributed by atoms with Crippen LogP contribution < -0.4 is 5.32 Å². The summed E-state index contributed by atoms with van der Waals surface area (Å²) in [5, 5.41) is 1.71. The summed E-state index contributed by atoms with van der Waals surface area (Å²) in [6.45, 7) is 5.37. The van der Waals surface area contributed by atoms with Crippen molar-refractivity contribution in [2.75, 3.05) is 6.79 Å². The number of amides is 3. The second-order valence-corrected chi connectivity index (χ2v) is 17.8. The average molecular weight is 717 g/mol. The van der Waals surface area contributed by atoms with Crippen molar-refractivity contribution in [3.05, 3.63) is 70.7 Å². The number of ether oxygens (including phenoxy) is 2. The van der Waals surface area contributed by atoms with Gasteiger partial charge in [-0.15, -0.1) is 11.8 Å². The number of nitrogens with one attached hydrogen (secondary N) is 1. The zero-order chi connectivity index (χ0) is 34.8. The van der Waals surface area contributed by atoms with E-state index >= 15 is 0 Å². The molecule has 4 saturated heterocycles. The minimum atomic E-state index is -3.82. The van der Waals surface area contributed by atoms with Crippen LogP contribution in [0.25, 0.3) is 0 Å². The molecule has 48 heavy (non-hydrogen) atoms. The molecular weight excluding hydrogens is 684 g/mol. The molecule has 4 heterocycles. The number of benzene rings is 2. The van der Waals surface area contributed by atoms with Crippen LogP contribution in [0.15, 0.2) is 59.6 Å². The third kappa shape index (κ3) is 5.54. The summed E-state index contributed by atoms with van der Waals surface area (Å²) in [6.07, 6.45) is 1.36. The fourth-order valence-corrected chi connectivity index (χ4v) is 10.4. The van der Waals surface area contributed by atoms with Crippen molar-refractivity contribution in [3.8, 4) is 0 Å². The number of hydrogen-bond acceptors (Lipinski definition) is 11. The molecule has 6 atom stereocenters. The van der Waals surface area contributed by atoms with Crippen molar-refractivity contribution < 1.29 is 41.9 Å². The van der Waals surface area contributed by atoms with Gasteiger partial charge in [0, 0.05) is 16.0 Å². The molecule has 4 aliphatic heterocycles. The molecule has 0 bridgehead atoms. The highest BCUT2D eigenvalue weighted by Gasteiger charge is 2.68. The maximum absolute atomic E-state index is 13.6. The number of sulfone groups is 1. The van der Waals surface area contributed by atoms with E-state index in [2.05, 4.69) is 10.3 Å². The molecule has 2 aromatic carbocycles. The van der Waals surface area contributed by atoms with Crippen LogP contribution in [0.2, 0.25) is 5.02 Å². The molecule has 6 rings (SSSR count). The molecule has 1 N–H and O–H groups in total. The van der Waals surface area contributed by atoms with Gasteiger partial charge in [0.25, 0.3) is 0 Å². The fourth-order valence-electron chi connectivity index (χ4n) is 6.52. The van der Waals surface area contributed by atoms with Crippen LogP contribution in [0.1, 0.15) is 51.3 Å². The lowest BCUT2D eigenvalue weighted by atomic mass is 9.95. The van der Waals surface area contributed by atoms with E-state index in [1.165, 1.54) is 30.5 Å². The van der Waals surface area contributed by atoms with Crippen LogP contribution in [0.4, 0.5) is 0 Å². The van der Waals surface area contributed by atoms with Gasteiger partial charge in [-0.1, -0.05) is 54.1 Å². The maximum Gasteiger partial charge on any atom is 0.333 e. The first-order valence-corrected chi connectivity index (χ1v) is 17.9. The molecule has 2 aromatic rings. The highest BCUT2D eigenvalue weighted by atomic mass is 35.5. The summed E-state index contributed by atoms with van der Waals surface area (Å²) < 4.78 is 33.6. The Morgan fingerprint density at radius 2 is 1.62 bits per heavy atom. The molecule has 13 nitrogen and oxygen atoms in total. The number of hydrogen-bond donors (Lipinski definition) is 1. The topological polar surface area (TPSA) is 169 Å². The molecule has 0 radical (unpaired) electrons. The molecule has 4 fully saturated rings. The van der Waals surface area contributed by atoms with Crippen molar-refractivity contribution in [1.82, 2.24) is 15.1 Å². The van der Waals surface area contributed by atoms with Gasteiger partial charge in [-0.25, -0.2) is 18.0 Å². The van der Waals surface area contributed by atoms with E-state index in [0.29, 0.717) is 10.6 Å². The number of carbonyl (C=O) groups excluding carboxylic acids is 5. The Balaban J connectivity index is 1.09. The van der Waals surface area contributed by atoms with Gasteiger partial charge in [0.2, 0.25) is 24.5 Å². The second-order valence-electron chi connectivity index (χ2n) is 12.9. The van der Waals surface area contributed by atoms with Gasteiger partial charge in [0.15, 0.2) is 15.9 Å². The lowest BCUT2D eigenvalue weighted by Crippen LogP contribution is -2.71. The molecule has 3 amide bonds. The molecule has 0 unspecified atom stereocenters. The molecular formula is C32H33ClN4O9S2. The van der Waals surface area contributed by atoms with Crippen LogP contribution in [0, 0.1) is 0 Å². The van der Waals surface area contributed by atoms with Crippen molar-refractivity contribution >= 4 is 69.1 Å². The Labute approximate surface area is 286 Å². The first kappa shape index (κ1) is 33.9. The summed E-state index contributed by atoms with van der Waals surface area (Å²) in [5.41, 5.74) is 1.35. The van der Waals surface area contributed by atoms with Gasteiger partial charge in [0.1, 0.15) is 28.9 Å². The zero-order valence-electron chi connectivity index (χ0n) is 26.4. The predicted molar refractivity (Wildman–Crippen MR) is 175 cm³/mol. The van der Waals surface area contributed by atoms with Gasteiger partial charge >= 0.3 is 11.9 Å². The quantitative estimate of drug-likeness (QED) is 0.176. The van der Waals surface area contributed by atoms with E-state index in [1.54, 1.807) is 68.6 Å². The minimum Gasteiger partial charge on any atom is -0.426 e. The van der Waals surface area contributed by atoms with Gasteiger partial charge in [0.05, 0.1) is 11.2 Å². The number of carbonyl (C=O) groups is 5. The predicted octanol–water partition coefficient (Wildman–Crippen LogP) is 2.23. The summed E-state index contributed by atoms with van der Waals surface area (Å²) in [7, 11) is -3.82. The van der Waals surface area contributed by atoms with Gasteiger partial charge in [-0.3, -0.25) is 19.4 Å². The Morgan fingerprint density at radius 1 is 1.00 bits per heavy atom. The van der Waals surface area contributed by atoms with Crippen LogP contribution in [-0.4, -0.2) is 99.3 Å². The molecule has 16 heteroatoms. The van der Waals surface area contributed by atoms with E-state index < -0.39 is 90.7 Å². The molecule has 0 aromatic heterocycles. The maximum atomic E-state index is 13.6. The number of thioether (sulfide) groups is 1. The highest BCUT2D eigenvalue weighted by Crippen LogP contribution is 2.51. The Kier molecular flexibility index (Phi) is 8.61. The third-order valence-electron chi connectivity index (χ3n) is 9.17. The van der Waals surface area contributed by atoms with Crippen LogP contribution in [-0.2, 0) is 43.3 Å². The first-order chi connectivity index (χ1) is 22.6. The largest absolute Gasteiger partial charge is 0.426 e. The number of esters is 2. The highest BCUT2D eigenvalue weighted by molar-refractivity contribution is 8.01. The summed E-state index contributed by atoms with van der Waals surface area (Å²) in [4.78, 5) is 72.2. The van der Waals surface area contributed by atoms with E-state index in [9.17, 15) is 32.4 Å². The second kappa shape index (κ2) is 12.2. The van der Waals surface area contributed by atoms with Crippen LogP contribution in [0.5, 0.6) is 0 Å². The molecule has 254 valence electrons. The number of nitrogens with zero attached hydrogens (tertiary/aromatic N) is 3. The number of aliphatic imine (C=N–C) groups is 1.